The lowest BCUT2D eigenvalue weighted by Gasteiger charge is -2.27. The number of nitrogens with one attached hydrogen (secondary N) is 2. The van der Waals surface area contributed by atoms with Crippen molar-refractivity contribution in [3.05, 3.63) is 83.4 Å². The van der Waals surface area contributed by atoms with Crippen LogP contribution in [0.25, 0.3) is 0 Å². The summed E-state index contributed by atoms with van der Waals surface area (Å²) in [6.07, 6.45) is 2.42. The molecule has 1 atom stereocenters. The summed E-state index contributed by atoms with van der Waals surface area (Å²) < 4.78 is 36.4. The van der Waals surface area contributed by atoms with Gasteiger partial charge >= 0.3 is 0 Å². The van der Waals surface area contributed by atoms with Gasteiger partial charge in [-0.15, -0.1) is 0 Å². The molecule has 2 amide bonds. The molecule has 0 bridgehead atoms. The number of anilines is 2. The third kappa shape index (κ3) is 8.22. The van der Waals surface area contributed by atoms with Crippen LogP contribution < -0.4 is 24.5 Å². The number of amides is 2. The molecule has 0 saturated heterocycles. The predicted octanol–water partition coefficient (Wildman–Crippen LogP) is 3.67. The van der Waals surface area contributed by atoms with Crippen molar-refractivity contribution in [1.82, 2.24) is 5.43 Å². The molecule has 12 heteroatoms. The largest absolute Gasteiger partial charge is 0.497 e. The van der Waals surface area contributed by atoms with Gasteiger partial charge in [0.15, 0.2) is 6.61 Å². The van der Waals surface area contributed by atoms with E-state index < -0.39 is 22.0 Å². The molecule has 38 heavy (non-hydrogen) atoms. The summed E-state index contributed by atoms with van der Waals surface area (Å²) in [6.45, 7) is 1.27. The number of hydrogen-bond donors (Lipinski definition) is 2. The SMILES string of the molecule is COc1ccc(N([C@@H](C)C(=O)N/N=C\c2ccc(OCC(=O)Nc3cccc(Cl)c3)cc2)S(C)(=O)=O)cc1. The van der Waals surface area contributed by atoms with Crippen LogP contribution in [-0.2, 0) is 19.6 Å². The predicted molar refractivity (Wildman–Crippen MR) is 148 cm³/mol. The number of methoxy groups -OCH3 is 1. The van der Waals surface area contributed by atoms with E-state index in [1.807, 2.05) is 0 Å². The number of hydrogen-bond acceptors (Lipinski definition) is 7. The molecule has 0 spiro atoms. The Kier molecular flexibility index (Phi) is 9.69. The zero-order valence-corrected chi connectivity index (χ0v) is 22.5. The van der Waals surface area contributed by atoms with E-state index in [1.54, 1.807) is 72.8 Å². The van der Waals surface area contributed by atoms with Crippen LogP contribution in [0.4, 0.5) is 11.4 Å². The van der Waals surface area contributed by atoms with E-state index in [1.165, 1.54) is 20.2 Å². The minimum atomic E-state index is -3.76. The molecule has 0 aliphatic heterocycles. The number of ether oxygens (including phenoxy) is 2. The van der Waals surface area contributed by atoms with Gasteiger partial charge in [0.25, 0.3) is 11.8 Å². The van der Waals surface area contributed by atoms with Crippen LogP contribution in [0.5, 0.6) is 11.5 Å². The van der Waals surface area contributed by atoms with Crippen LogP contribution in [0.3, 0.4) is 0 Å². The fourth-order valence-corrected chi connectivity index (χ4v) is 4.73. The molecule has 3 rings (SSSR count). The normalized spacial score (nSPS) is 12.0. The fraction of sp³-hybridized carbons (Fsp3) is 0.192. The van der Waals surface area contributed by atoms with Crippen molar-refractivity contribution in [3.8, 4) is 11.5 Å². The van der Waals surface area contributed by atoms with Crippen LogP contribution in [0.15, 0.2) is 77.9 Å². The van der Waals surface area contributed by atoms with Crippen molar-refractivity contribution < 1.29 is 27.5 Å². The number of sulfonamides is 1. The molecule has 3 aromatic rings. The van der Waals surface area contributed by atoms with Gasteiger partial charge in [0.2, 0.25) is 10.0 Å². The summed E-state index contributed by atoms with van der Waals surface area (Å²) >= 11 is 5.90. The molecular weight excluding hydrogens is 532 g/mol. The van der Waals surface area contributed by atoms with Crippen molar-refractivity contribution in [2.45, 2.75) is 13.0 Å². The van der Waals surface area contributed by atoms with E-state index in [4.69, 9.17) is 21.1 Å². The van der Waals surface area contributed by atoms with Gasteiger partial charge in [-0.2, -0.15) is 5.10 Å². The minimum Gasteiger partial charge on any atom is -0.497 e. The standard InChI is InChI=1S/C26H27ClN4O6S/c1-18(31(38(3,34)35)22-9-13-23(36-2)14-10-22)26(33)30-28-16-19-7-11-24(12-8-19)37-17-25(32)29-21-6-4-5-20(27)15-21/h4-16,18H,17H2,1-3H3,(H,29,32)(H,30,33)/b28-16-/t18-/m0/s1. The molecule has 10 nitrogen and oxygen atoms in total. The highest BCUT2D eigenvalue weighted by Crippen LogP contribution is 2.24. The van der Waals surface area contributed by atoms with Crippen LogP contribution in [0.2, 0.25) is 5.02 Å². The minimum absolute atomic E-state index is 0.196. The van der Waals surface area contributed by atoms with Gasteiger partial charge in [-0.1, -0.05) is 17.7 Å². The van der Waals surface area contributed by atoms with Gasteiger partial charge in [0.1, 0.15) is 17.5 Å². The Morgan fingerprint density at radius 3 is 2.32 bits per heavy atom. The first-order chi connectivity index (χ1) is 18.1. The quantitative estimate of drug-likeness (QED) is 0.273. The summed E-state index contributed by atoms with van der Waals surface area (Å²) in [5, 5.41) is 7.12. The zero-order chi connectivity index (χ0) is 27.7. The summed E-state index contributed by atoms with van der Waals surface area (Å²) in [7, 11) is -2.26. The second kappa shape index (κ2) is 12.9. The van der Waals surface area contributed by atoms with Crippen molar-refractivity contribution in [1.29, 1.82) is 0 Å². The first kappa shape index (κ1) is 28.5. The van der Waals surface area contributed by atoms with E-state index >= 15 is 0 Å². The Hall–Kier alpha value is -4.09. The maximum Gasteiger partial charge on any atom is 0.263 e. The van der Waals surface area contributed by atoms with Crippen LogP contribution >= 0.6 is 11.6 Å². The molecule has 0 heterocycles. The Morgan fingerprint density at radius 1 is 1.05 bits per heavy atom. The lowest BCUT2D eigenvalue weighted by Crippen LogP contribution is -2.46. The third-order valence-electron chi connectivity index (χ3n) is 5.16. The lowest BCUT2D eigenvalue weighted by molar-refractivity contribution is -0.121. The van der Waals surface area contributed by atoms with E-state index in [2.05, 4.69) is 15.8 Å². The number of carbonyl (C=O) groups is 2. The topological polar surface area (TPSA) is 126 Å². The molecule has 0 aliphatic rings. The monoisotopic (exact) mass is 558 g/mol. The molecular formula is C26H27ClN4O6S. The number of halogens is 1. The van der Waals surface area contributed by atoms with E-state index in [9.17, 15) is 18.0 Å². The van der Waals surface area contributed by atoms with Crippen molar-refractivity contribution in [3.63, 3.8) is 0 Å². The van der Waals surface area contributed by atoms with Gasteiger partial charge in [-0.3, -0.25) is 13.9 Å². The smallest absolute Gasteiger partial charge is 0.263 e. The second-order valence-corrected chi connectivity index (χ2v) is 10.4. The van der Waals surface area contributed by atoms with Crippen LogP contribution in [0.1, 0.15) is 12.5 Å². The van der Waals surface area contributed by atoms with E-state index in [0.717, 1.165) is 10.6 Å². The van der Waals surface area contributed by atoms with Crippen LogP contribution in [0, 0.1) is 0 Å². The van der Waals surface area contributed by atoms with Crippen molar-refractivity contribution in [2.75, 3.05) is 29.6 Å². The van der Waals surface area contributed by atoms with Gasteiger partial charge in [0.05, 0.1) is 25.3 Å². The molecule has 200 valence electrons. The summed E-state index contributed by atoms with van der Waals surface area (Å²) in [5.74, 6) is 0.0613. The molecule has 0 radical (unpaired) electrons. The molecule has 3 aromatic carbocycles. The highest BCUT2D eigenvalue weighted by atomic mass is 35.5. The maximum absolute atomic E-state index is 12.6. The fourth-order valence-electron chi connectivity index (χ4n) is 3.36. The number of rotatable bonds is 11. The molecule has 0 fully saturated rings. The highest BCUT2D eigenvalue weighted by Gasteiger charge is 2.29. The van der Waals surface area contributed by atoms with Gasteiger partial charge in [-0.05, 0) is 79.2 Å². The number of hydrazone groups is 1. The molecule has 0 aromatic heterocycles. The summed E-state index contributed by atoms with van der Waals surface area (Å²) in [5.41, 5.74) is 3.89. The zero-order valence-electron chi connectivity index (χ0n) is 20.9. The van der Waals surface area contributed by atoms with Gasteiger partial charge in [0, 0.05) is 10.7 Å². The number of nitrogens with zero attached hydrogens (tertiary/aromatic N) is 2. The maximum atomic E-state index is 12.6. The Bertz CT molecular complexity index is 1400. The Labute approximate surface area is 226 Å². The molecule has 0 unspecified atom stereocenters. The second-order valence-electron chi connectivity index (χ2n) is 8.08. The summed E-state index contributed by atoms with van der Waals surface area (Å²) in [4.78, 5) is 24.7. The number of benzene rings is 3. The average molecular weight is 559 g/mol. The third-order valence-corrected chi connectivity index (χ3v) is 6.64. The van der Waals surface area contributed by atoms with Crippen molar-refractivity contribution in [2.24, 2.45) is 5.10 Å². The molecule has 0 aliphatic carbocycles. The average Bonchev–Trinajstić information content (AvgIpc) is 2.88. The van der Waals surface area contributed by atoms with E-state index in [-0.39, 0.29) is 12.5 Å². The molecule has 2 N–H and O–H groups in total. The number of carbonyl (C=O) groups excluding carboxylic acids is 2. The first-order valence-corrected chi connectivity index (χ1v) is 13.5. The van der Waals surface area contributed by atoms with Crippen molar-refractivity contribution >= 4 is 51.0 Å². The van der Waals surface area contributed by atoms with E-state index in [0.29, 0.717) is 33.5 Å². The highest BCUT2D eigenvalue weighted by molar-refractivity contribution is 7.92. The lowest BCUT2D eigenvalue weighted by atomic mass is 10.2. The molecule has 0 saturated carbocycles. The van der Waals surface area contributed by atoms with Gasteiger partial charge in [-0.25, -0.2) is 13.8 Å². The Balaban J connectivity index is 1.54. The van der Waals surface area contributed by atoms with Crippen LogP contribution in [-0.4, -0.2) is 52.5 Å². The van der Waals surface area contributed by atoms with Gasteiger partial charge < -0.3 is 14.8 Å². The Morgan fingerprint density at radius 2 is 1.71 bits per heavy atom. The first-order valence-electron chi connectivity index (χ1n) is 11.3. The summed E-state index contributed by atoms with van der Waals surface area (Å²) in [6, 6.07) is 18.7.